The highest BCUT2D eigenvalue weighted by Crippen LogP contribution is 2.16. The molecule has 7 heteroatoms. The van der Waals surface area contributed by atoms with E-state index in [-0.39, 0.29) is 11.6 Å². The van der Waals surface area contributed by atoms with Gasteiger partial charge in [-0.15, -0.1) is 0 Å². The molecule has 0 spiro atoms. The molecule has 0 aromatic heterocycles. The van der Waals surface area contributed by atoms with Crippen molar-refractivity contribution in [2.24, 2.45) is 0 Å². The first-order valence-corrected chi connectivity index (χ1v) is 5.83. The molecule has 0 aliphatic rings. The van der Waals surface area contributed by atoms with Crippen molar-refractivity contribution in [3.63, 3.8) is 0 Å². The highest BCUT2D eigenvalue weighted by molar-refractivity contribution is 6.31. The maximum atomic E-state index is 12.8. The third-order valence-corrected chi connectivity index (χ3v) is 2.77. The first-order chi connectivity index (χ1) is 8.72. The van der Waals surface area contributed by atoms with E-state index in [1.165, 1.54) is 26.0 Å². The molecule has 5 nitrogen and oxygen atoms in total. The van der Waals surface area contributed by atoms with Gasteiger partial charge in [-0.05, 0) is 31.5 Å². The number of amides is 2. The van der Waals surface area contributed by atoms with Gasteiger partial charge in [0.15, 0.2) is 0 Å². The van der Waals surface area contributed by atoms with Crippen LogP contribution >= 0.6 is 11.6 Å². The molecule has 1 rings (SSSR count). The van der Waals surface area contributed by atoms with Crippen molar-refractivity contribution in [1.29, 1.82) is 0 Å². The van der Waals surface area contributed by atoms with Crippen molar-refractivity contribution in [1.82, 2.24) is 10.6 Å². The Bertz CT molecular complexity index is 506. The Hall–Kier alpha value is -1.82. The third-order valence-electron chi connectivity index (χ3n) is 2.42. The fraction of sp³-hybridized carbons (Fsp3) is 0.333. The van der Waals surface area contributed by atoms with Crippen LogP contribution in [0.25, 0.3) is 0 Å². The molecular weight excluding hydrogens is 275 g/mol. The van der Waals surface area contributed by atoms with Crippen LogP contribution in [0.15, 0.2) is 18.2 Å². The fourth-order valence-corrected chi connectivity index (χ4v) is 1.46. The van der Waals surface area contributed by atoms with Crippen molar-refractivity contribution >= 4 is 23.6 Å². The minimum atomic E-state index is -1.38. The zero-order valence-corrected chi connectivity index (χ0v) is 11.2. The molecule has 1 aromatic carbocycles. The van der Waals surface area contributed by atoms with Crippen LogP contribution in [0.3, 0.4) is 0 Å². The molecule has 1 aromatic rings. The Morgan fingerprint density at radius 2 is 2.05 bits per heavy atom. The van der Waals surface area contributed by atoms with E-state index in [1.54, 1.807) is 0 Å². The van der Waals surface area contributed by atoms with E-state index in [1.807, 2.05) is 0 Å². The van der Waals surface area contributed by atoms with Crippen LogP contribution in [0, 0.1) is 5.82 Å². The summed E-state index contributed by atoms with van der Waals surface area (Å²) in [6, 6.07) is 3.16. The lowest BCUT2D eigenvalue weighted by Crippen LogP contribution is -2.53. The number of carboxylic acid groups (broad SMARTS) is 1. The summed E-state index contributed by atoms with van der Waals surface area (Å²) in [5.41, 5.74) is -0.845. The number of hydrogen-bond acceptors (Lipinski definition) is 2. The third kappa shape index (κ3) is 4.40. The monoisotopic (exact) mass is 288 g/mol. The Labute approximate surface area is 114 Å². The van der Waals surface area contributed by atoms with E-state index in [2.05, 4.69) is 10.6 Å². The molecule has 0 bridgehead atoms. The Kier molecular flexibility index (Phi) is 4.72. The van der Waals surface area contributed by atoms with Crippen LogP contribution < -0.4 is 10.6 Å². The molecule has 0 heterocycles. The van der Waals surface area contributed by atoms with E-state index in [9.17, 15) is 14.0 Å². The second-order valence-corrected chi connectivity index (χ2v) is 4.88. The predicted molar refractivity (Wildman–Crippen MR) is 68.5 cm³/mol. The number of rotatable bonds is 4. The normalized spacial score (nSPS) is 10.9. The average Bonchev–Trinajstić information content (AvgIpc) is 2.27. The van der Waals surface area contributed by atoms with Crippen molar-refractivity contribution in [3.8, 4) is 0 Å². The summed E-state index contributed by atoms with van der Waals surface area (Å²) >= 11 is 5.79. The van der Waals surface area contributed by atoms with Gasteiger partial charge in [0.05, 0.1) is 0 Å². The predicted octanol–water partition coefficient (Wildman–Crippen LogP) is 2.14. The van der Waals surface area contributed by atoms with Crippen LogP contribution in [-0.2, 0) is 11.3 Å². The number of benzene rings is 1. The van der Waals surface area contributed by atoms with Gasteiger partial charge < -0.3 is 15.7 Å². The molecular formula is C12H14ClFN2O3. The summed E-state index contributed by atoms with van der Waals surface area (Å²) in [7, 11) is 0. The lowest BCUT2D eigenvalue weighted by atomic mass is 10.1. The standard InChI is InChI=1S/C12H14ClFN2O3/c1-12(2,10(17)18)16-11(19)15-6-7-3-4-8(14)5-9(7)13/h3-5H,6H2,1-2H3,(H,17,18)(H2,15,16,19). The molecule has 0 unspecified atom stereocenters. The van der Waals surface area contributed by atoms with Gasteiger partial charge in [0, 0.05) is 11.6 Å². The lowest BCUT2D eigenvalue weighted by Gasteiger charge is -2.21. The quantitative estimate of drug-likeness (QED) is 0.794. The second-order valence-electron chi connectivity index (χ2n) is 4.47. The van der Waals surface area contributed by atoms with E-state index < -0.39 is 23.4 Å². The molecule has 2 amide bonds. The summed E-state index contributed by atoms with van der Waals surface area (Å²) in [4.78, 5) is 22.3. The van der Waals surface area contributed by atoms with Crippen molar-refractivity contribution in [3.05, 3.63) is 34.6 Å². The van der Waals surface area contributed by atoms with E-state index in [4.69, 9.17) is 16.7 Å². The van der Waals surface area contributed by atoms with Gasteiger partial charge in [-0.25, -0.2) is 14.0 Å². The summed E-state index contributed by atoms with van der Waals surface area (Å²) in [6.07, 6.45) is 0. The average molecular weight is 289 g/mol. The minimum Gasteiger partial charge on any atom is -0.480 e. The van der Waals surface area contributed by atoms with Gasteiger partial charge in [0.1, 0.15) is 11.4 Å². The van der Waals surface area contributed by atoms with Gasteiger partial charge in [0.25, 0.3) is 0 Å². The number of hydrogen-bond donors (Lipinski definition) is 3. The number of carboxylic acids is 1. The van der Waals surface area contributed by atoms with Crippen LogP contribution in [0.1, 0.15) is 19.4 Å². The Morgan fingerprint density at radius 3 is 2.58 bits per heavy atom. The highest BCUT2D eigenvalue weighted by atomic mass is 35.5. The maximum Gasteiger partial charge on any atom is 0.328 e. The second kappa shape index (κ2) is 5.88. The summed E-state index contributed by atoms with van der Waals surface area (Å²) in [5, 5.41) is 13.8. The van der Waals surface area contributed by atoms with Gasteiger partial charge in [-0.3, -0.25) is 0 Å². The molecule has 19 heavy (non-hydrogen) atoms. The summed E-state index contributed by atoms with van der Waals surface area (Å²) in [6.45, 7) is 2.79. The molecule has 0 saturated carbocycles. The summed E-state index contributed by atoms with van der Waals surface area (Å²) < 4.78 is 12.8. The minimum absolute atomic E-state index is 0.0701. The molecule has 0 saturated heterocycles. The molecule has 3 N–H and O–H groups in total. The zero-order chi connectivity index (χ0) is 14.6. The van der Waals surface area contributed by atoms with E-state index in [0.717, 1.165) is 6.07 Å². The highest BCUT2D eigenvalue weighted by Gasteiger charge is 2.28. The molecule has 0 aliphatic heterocycles. The molecule has 0 aliphatic carbocycles. The van der Waals surface area contributed by atoms with Crippen molar-refractivity contribution < 1.29 is 19.1 Å². The molecule has 0 radical (unpaired) electrons. The van der Waals surface area contributed by atoms with Gasteiger partial charge in [0.2, 0.25) is 0 Å². The smallest absolute Gasteiger partial charge is 0.328 e. The first-order valence-electron chi connectivity index (χ1n) is 5.45. The SMILES string of the molecule is CC(C)(NC(=O)NCc1ccc(F)cc1Cl)C(=O)O. The summed E-state index contributed by atoms with van der Waals surface area (Å²) in [5.74, 6) is -1.62. The number of nitrogens with one attached hydrogen (secondary N) is 2. The molecule has 104 valence electrons. The Balaban J connectivity index is 2.57. The van der Waals surface area contributed by atoms with Crippen LogP contribution in [0.4, 0.5) is 9.18 Å². The lowest BCUT2D eigenvalue weighted by molar-refractivity contribution is -0.142. The number of halogens is 2. The van der Waals surface area contributed by atoms with E-state index >= 15 is 0 Å². The van der Waals surface area contributed by atoms with Crippen molar-refractivity contribution in [2.45, 2.75) is 25.9 Å². The largest absolute Gasteiger partial charge is 0.480 e. The fourth-order valence-electron chi connectivity index (χ4n) is 1.22. The zero-order valence-electron chi connectivity index (χ0n) is 10.5. The van der Waals surface area contributed by atoms with Crippen LogP contribution in [0.2, 0.25) is 5.02 Å². The van der Waals surface area contributed by atoms with Gasteiger partial charge in [-0.2, -0.15) is 0 Å². The van der Waals surface area contributed by atoms with Gasteiger partial charge in [-0.1, -0.05) is 17.7 Å². The molecule has 0 fully saturated rings. The number of aliphatic carboxylic acids is 1. The number of urea groups is 1. The van der Waals surface area contributed by atoms with Crippen LogP contribution in [0.5, 0.6) is 0 Å². The maximum absolute atomic E-state index is 12.8. The number of carbonyl (C=O) groups is 2. The molecule has 0 atom stereocenters. The van der Waals surface area contributed by atoms with Crippen molar-refractivity contribution in [2.75, 3.05) is 0 Å². The first kappa shape index (κ1) is 15.2. The number of carbonyl (C=O) groups excluding carboxylic acids is 1. The van der Waals surface area contributed by atoms with Crippen LogP contribution in [-0.4, -0.2) is 22.6 Å². The Morgan fingerprint density at radius 1 is 1.42 bits per heavy atom. The van der Waals surface area contributed by atoms with E-state index in [0.29, 0.717) is 5.56 Å². The van der Waals surface area contributed by atoms with Gasteiger partial charge >= 0.3 is 12.0 Å². The topological polar surface area (TPSA) is 78.4 Å².